The van der Waals surface area contributed by atoms with Gasteiger partial charge in [0.15, 0.2) is 0 Å². The van der Waals surface area contributed by atoms with Crippen LogP contribution in [-0.4, -0.2) is 36.9 Å². The Hall–Kier alpha value is -0.570. The van der Waals surface area contributed by atoms with E-state index in [-0.39, 0.29) is 0 Å². The van der Waals surface area contributed by atoms with Crippen molar-refractivity contribution in [2.45, 2.75) is 26.7 Å². The molecule has 1 unspecified atom stereocenters. The monoisotopic (exact) mass is 183 g/mol. The summed E-state index contributed by atoms with van der Waals surface area (Å²) in [5.74, 6) is 1.34. The van der Waals surface area contributed by atoms with Crippen molar-refractivity contribution in [3.05, 3.63) is 0 Å². The summed E-state index contributed by atoms with van der Waals surface area (Å²) in [6.07, 6.45) is 2.73. The lowest BCUT2D eigenvalue weighted by molar-refractivity contribution is 0.291. The van der Waals surface area contributed by atoms with Crippen molar-refractivity contribution in [3.63, 3.8) is 0 Å². The molecule has 0 aliphatic carbocycles. The average Bonchev–Trinajstić information content (AvgIpc) is 2.53. The first-order chi connectivity index (χ1) is 6.18. The van der Waals surface area contributed by atoms with Crippen molar-refractivity contribution in [2.75, 3.05) is 26.2 Å². The van der Waals surface area contributed by atoms with Gasteiger partial charge in [-0.3, -0.25) is 4.99 Å². The Morgan fingerprint density at radius 1 is 1.46 bits per heavy atom. The van der Waals surface area contributed by atoms with E-state index in [0.717, 1.165) is 6.54 Å². The molecule has 1 aliphatic heterocycles. The van der Waals surface area contributed by atoms with Crippen LogP contribution >= 0.6 is 0 Å². The molecule has 0 amide bonds. The smallest absolute Gasteiger partial charge is 0.0905 e. The highest BCUT2D eigenvalue weighted by Crippen LogP contribution is 2.10. The minimum atomic E-state index is 0.636. The summed E-state index contributed by atoms with van der Waals surface area (Å²) in [6, 6.07) is 0. The fourth-order valence-electron chi connectivity index (χ4n) is 1.76. The Bertz CT molecular complexity index is 167. The van der Waals surface area contributed by atoms with Gasteiger partial charge >= 0.3 is 0 Å². The second-order valence-electron chi connectivity index (χ2n) is 4.09. The standard InChI is InChI=1S/C10H21N3/c1-9(7-12-10(2)11)8-13-5-3-4-6-13/h9H,3-8H2,1-2H3,(H2,11,12). The van der Waals surface area contributed by atoms with Crippen molar-refractivity contribution in [3.8, 4) is 0 Å². The predicted molar refractivity (Wildman–Crippen MR) is 57.0 cm³/mol. The Morgan fingerprint density at radius 3 is 2.62 bits per heavy atom. The Labute approximate surface area is 81.0 Å². The van der Waals surface area contributed by atoms with E-state index in [2.05, 4.69) is 16.8 Å². The van der Waals surface area contributed by atoms with Crippen LogP contribution in [0.1, 0.15) is 26.7 Å². The molecule has 2 N–H and O–H groups in total. The van der Waals surface area contributed by atoms with Gasteiger partial charge in [0, 0.05) is 13.1 Å². The van der Waals surface area contributed by atoms with Gasteiger partial charge in [-0.1, -0.05) is 6.92 Å². The molecule has 0 radical (unpaired) electrons. The zero-order valence-corrected chi connectivity index (χ0v) is 8.79. The van der Waals surface area contributed by atoms with E-state index in [4.69, 9.17) is 5.73 Å². The molecule has 3 nitrogen and oxygen atoms in total. The third kappa shape index (κ3) is 4.27. The van der Waals surface area contributed by atoms with Crippen molar-refractivity contribution >= 4 is 5.84 Å². The van der Waals surface area contributed by atoms with E-state index in [9.17, 15) is 0 Å². The van der Waals surface area contributed by atoms with E-state index >= 15 is 0 Å². The van der Waals surface area contributed by atoms with Crippen LogP contribution in [0.25, 0.3) is 0 Å². The lowest BCUT2D eigenvalue weighted by Crippen LogP contribution is -2.27. The zero-order valence-electron chi connectivity index (χ0n) is 8.79. The molecule has 0 saturated carbocycles. The summed E-state index contributed by atoms with van der Waals surface area (Å²) >= 11 is 0. The second kappa shape index (κ2) is 5.22. The number of nitrogens with two attached hydrogens (primary N) is 1. The van der Waals surface area contributed by atoms with Crippen LogP contribution < -0.4 is 5.73 Å². The van der Waals surface area contributed by atoms with E-state index in [1.54, 1.807) is 0 Å². The molecule has 1 atom stereocenters. The molecular weight excluding hydrogens is 162 g/mol. The normalized spacial score (nSPS) is 22.2. The van der Waals surface area contributed by atoms with Gasteiger partial charge in [-0.2, -0.15) is 0 Å². The Kier molecular flexibility index (Phi) is 4.22. The zero-order chi connectivity index (χ0) is 9.68. The van der Waals surface area contributed by atoms with Gasteiger partial charge in [-0.05, 0) is 38.8 Å². The van der Waals surface area contributed by atoms with Crippen LogP contribution in [0.15, 0.2) is 4.99 Å². The maximum absolute atomic E-state index is 5.49. The van der Waals surface area contributed by atoms with Crippen molar-refractivity contribution in [1.82, 2.24) is 4.90 Å². The first-order valence-electron chi connectivity index (χ1n) is 5.17. The molecule has 1 heterocycles. The minimum Gasteiger partial charge on any atom is -0.388 e. The van der Waals surface area contributed by atoms with Gasteiger partial charge < -0.3 is 10.6 Å². The molecule has 0 aromatic heterocycles. The number of rotatable bonds is 4. The SMILES string of the molecule is CC(N)=NCC(C)CN1CCCC1. The predicted octanol–water partition coefficient (Wildman–Crippen LogP) is 1.10. The van der Waals surface area contributed by atoms with Crippen LogP contribution in [0.2, 0.25) is 0 Å². The van der Waals surface area contributed by atoms with Crippen LogP contribution in [0.4, 0.5) is 0 Å². The molecule has 76 valence electrons. The van der Waals surface area contributed by atoms with E-state index < -0.39 is 0 Å². The molecule has 1 aliphatic rings. The van der Waals surface area contributed by atoms with Crippen LogP contribution in [0.3, 0.4) is 0 Å². The first-order valence-corrected chi connectivity index (χ1v) is 5.17. The molecule has 13 heavy (non-hydrogen) atoms. The molecule has 0 spiro atoms. The molecule has 0 aromatic rings. The summed E-state index contributed by atoms with van der Waals surface area (Å²) in [4.78, 5) is 6.75. The van der Waals surface area contributed by atoms with E-state index in [1.165, 1.54) is 32.5 Å². The van der Waals surface area contributed by atoms with Crippen molar-refractivity contribution < 1.29 is 0 Å². The summed E-state index contributed by atoms with van der Waals surface area (Å²) in [5.41, 5.74) is 5.49. The fraction of sp³-hybridized carbons (Fsp3) is 0.900. The quantitative estimate of drug-likeness (QED) is 0.524. The molecule has 3 heteroatoms. The third-order valence-electron chi connectivity index (χ3n) is 2.42. The van der Waals surface area contributed by atoms with Crippen molar-refractivity contribution in [1.29, 1.82) is 0 Å². The molecule has 1 saturated heterocycles. The molecule has 1 fully saturated rings. The lowest BCUT2D eigenvalue weighted by Gasteiger charge is -2.18. The molecule has 1 rings (SSSR count). The topological polar surface area (TPSA) is 41.6 Å². The van der Waals surface area contributed by atoms with Crippen LogP contribution in [-0.2, 0) is 0 Å². The number of amidine groups is 1. The van der Waals surface area contributed by atoms with Gasteiger partial charge in [0.1, 0.15) is 0 Å². The van der Waals surface area contributed by atoms with E-state index in [1.807, 2.05) is 6.92 Å². The number of hydrogen-bond donors (Lipinski definition) is 1. The number of nitrogens with zero attached hydrogens (tertiary/aromatic N) is 2. The largest absolute Gasteiger partial charge is 0.388 e. The summed E-state index contributed by atoms with van der Waals surface area (Å²) in [6.45, 7) is 8.69. The average molecular weight is 183 g/mol. The highest BCUT2D eigenvalue weighted by Gasteiger charge is 2.13. The number of hydrogen-bond acceptors (Lipinski definition) is 2. The van der Waals surface area contributed by atoms with Crippen LogP contribution in [0, 0.1) is 5.92 Å². The summed E-state index contributed by atoms with van der Waals surface area (Å²) < 4.78 is 0. The van der Waals surface area contributed by atoms with E-state index in [0.29, 0.717) is 11.8 Å². The maximum atomic E-state index is 5.49. The fourth-order valence-corrected chi connectivity index (χ4v) is 1.76. The Balaban J connectivity index is 2.16. The van der Waals surface area contributed by atoms with Gasteiger partial charge in [0.2, 0.25) is 0 Å². The highest BCUT2D eigenvalue weighted by molar-refractivity contribution is 5.77. The number of likely N-dealkylation sites (tertiary alicyclic amines) is 1. The summed E-state index contributed by atoms with van der Waals surface area (Å²) in [5, 5.41) is 0. The molecule has 0 bridgehead atoms. The second-order valence-corrected chi connectivity index (χ2v) is 4.09. The number of aliphatic imine (C=N–C) groups is 1. The highest BCUT2D eigenvalue weighted by atomic mass is 15.1. The minimum absolute atomic E-state index is 0.636. The van der Waals surface area contributed by atoms with Crippen molar-refractivity contribution in [2.24, 2.45) is 16.6 Å². The van der Waals surface area contributed by atoms with Gasteiger partial charge in [-0.25, -0.2) is 0 Å². The Morgan fingerprint density at radius 2 is 2.08 bits per heavy atom. The van der Waals surface area contributed by atoms with Crippen LogP contribution in [0.5, 0.6) is 0 Å². The molecular formula is C10H21N3. The van der Waals surface area contributed by atoms with Gasteiger partial charge in [0.25, 0.3) is 0 Å². The first kappa shape index (κ1) is 10.5. The maximum Gasteiger partial charge on any atom is 0.0905 e. The van der Waals surface area contributed by atoms with Gasteiger partial charge in [-0.15, -0.1) is 0 Å². The lowest BCUT2D eigenvalue weighted by atomic mass is 10.2. The third-order valence-corrected chi connectivity index (χ3v) is 2.42. The van der Waals surface area contributed by atoms with Gasteiger partial charge in [0.05, 0.1) is 5.84 Å². The summed E-state index contributed by atoms with van der Waals surface area (Å²) in [7, 11) is 0. The molecule has 0 aromatic carbocycles.